The third kappa shape index (κ3) is 3.57. The molecule has 0 atom stereocenters. The van der Waals surface area contributed by atoms with Crippen molar-refractivity contribution in [1.29, 1.82) is 0 Å². The Morgan fingerprint density at radius 2 is 1.73 bits per heavy atom. The molecule has 166 valence electrons. The summed E-state index contributed by atoms with van der Waals surface area (Å²) in [7, 11) is 0. The van der Waals surface area contributed by atoms with E-state index in [0.717, 1.165) is 38.4 Å². The minimum Gasteiger partial charge on any atom is -0.478 e. The fourth-order valence-electron chi connectivity index (χ4n) is 4.47. The summed E-state index contributed by atoms with van der Waals surface area (Å²) < 4.78 is 24.1. The SMILES string of the molecule is Cc1oc2c3c(ccc2c(=O)c1-c1ccc(Br)cc1)OCN(Cc1ccc2c(c1)OCO2)C3. The van der Waals surface area contributed by atoms with Gasteiger partial charge in [-0.2, -0.15) is 0 Å². The first-order valence-electron chi connectivity index (χ1n) is 10.7. The molecule has 0 amide bonds. The predicted octanol–water partition coefficient (Wildman–Crippen LogP) is 5.61. The number of nitrogens with zero attached hydrogens (tertiary/aromatic N) is 1. The summed E-state index contributed by atoms with van der Waals surface area (Å²) in [5, 5.41) is 0.561. The first-order chi connectivity index (χ1) is 16.1. The zero-order chi connectivity index (χ0) is 22.5. The van der Waals surface area contributed by atoms with Crippen molar-refractivity contribution in [2.24, 2.45) is 0 Å². The van der Waals surface area contributed by atoms with Gasteiger partial charge in [0.2, 0.25) is 12.2 Å². The third-order valence-corrected chi connectivity index (χ3v) is 6.59. The normalized spacial score (nSPS) is 14.8. The molecule has 1 aromatic heterocycles. The standard InChI is InChI=1S/C26H20BrNO5/c1-15-24(17-3-5-18(27)6-4-17)25(29)19-7-9-21-20(26(19)33-15)12-28(13-30-21)11-16-2-8-22-23(10-16)32-14-31-22/h2-10H,11-14H2,1H3. The molecule has 0 radical (unpaired) electrons. The lowest BCUT2D eigenvalue weighted by molar-refractivity contribution is 0.0889. The van der Waals surface area contributed by atoms with Crippen LogP contribution >= 0.6 is 15.9 Å². The van der Waals surface area contributed by atoms with Crippen molar-refractivity contribution in [3.05, 3.63) is 86.2 Å². The van der Waals surface area contributed by atoms with Crippen LogP contribution in [0.3, 0.4) is 0 Å². The predicted molar refractivity (Wildman–Crippen MR) is 128 cm³/mol. The largest absolute Gasteiger partial charge is 0.478 e. The van der Waals surface area contributed by atoms with Crippen molar-refractivity contribution in [1.82, 2.24) is 4.90 Å². The molecule has 7 heteroatoms. The Morgan fingerprint density at radius 1 is 0.939 bits per heavy atom. The number of aryl methyl sites for hydroxylation is 1. The van der Waals surface area contributed by atoms with Crippen molar-refractivity contribution >= 4 is 26.9 Å². The summed E-state index contributed by atoms with van der Waals surface area (Å²) in [4.78, 5) is 15.6. The zero-order valence-corrected chi connectivity index (χ0v) is 19.5. The van der Waals surface area contributed by atoms with Crippen molar-refractivity contribution in [2.75, 3.05) is 13.5 Å². The van der Waals surface area contributed by atoms with Crippen LogP contribution in [0.4, 0.5) is 0 Å². The summed E-state index contributed by atoms with van der Waals surface area (Å²) in [5.41, 5.74) is 3.97. The molecule has 0 saturated carbocycles. The molecule has 3 aromatic carbocycles. The first kappa shape index (κ1) is 20.3. The van der Waals surface area contributed by atoms with Crippen LogP contribution in [-0.4, -0.2) is 18.4 Å². The smallest absolute Gasteiger partial charge is 0.231 e. The van der Waals surface area contributed by atoms with Crippen LogP contribution in [0.1, 0.15) is 16.9 Å². The van der Waals surface area contributed by atoms with Gasteiger partial charge in [-0.05, 0) is 54.4 Å². The van der Waals surface area contributed by atoms with Gasteiger partial charge in [0.15, 0.2) is 11.5 Å². The Balaban J connectivity index is 1.36. The van der Waals surface area contributed by atoms with Crippen molar-refractivity contribution < 1.29 is 18.6 Å². The minimum absolute atomic E-state index is 0.0354. The van der Waals surface area contributed by atoms with Gasteiger partial charge in [0.25, 0.3) is 0 Å². The fourth-order valence-corrected chi connectivity index (χ4v) is 4.73. The van der Waals surface area contributed by atoms with Gasteiger partial charge in [-0.1, -0.05) is 34.1 Å². The second-order valence-corrected chi connectivity index (χ2v) is 9.15. The number of ether oxygens (including phenoxy) is 3. The van der Waals surface area contributed by atoms with Crippen molar-refractivity contribution in [3.63, 3.8) is 0 Å². The van der Waals surface area contributed by atoms with Gasteiger partial charge in [-0.15, -0.1) is 0 Å². The highest BCUT2D eigenvalue weighted by Gasteiger charge is 2.24. The number of fused-ring (bicyclic) bond motifs is 4. The van der Waals surface area contributed by atoms with E-state index in [2.05, 4.69) is 20.8 Å². The van der Waals surface area contributed by atoms with Crippen LogP contribution in [0.2, 0.25) is 0 Å². The van der Waals surface area contributed by atoms with Gasteiger partial charge in [-0.25, -0.2) is 0 Å². The highest BCUT2D eigenvalue weighted by Crippen LogP contribution is 2.36. The van der Waals surface area contributed by atoms with Crippen LogP contribution in [0, 0.1) is 6.92 Å². The summed E-state index contributed by atoms with van der Waals surface area (Å²) in [5.74, 6) is 2.88. The van der Waals surface area contributed by atoms with Gasteiger partial charge < -0.3 is 18.6 Å². The zero-order valence-electron chi connectivity index (χ0n) is 17.9. The Labute approximate surface area is 198 Å². The van der Waals surface area contributed by atoms with Crippen LogP contribution < -0.4 is 19.6 Å². The first-order valence-corrected chi connectivity index (χ1v) is 11.4. The van der Waals surface area contributed by atoms with E-state index in [1.54, 1.807) is 6.07 Å². The average Bonchev–Trinajstić information content (AvgIpc) is 3.28. The lowest BCUT2D eigenvalue weighted by Crippen LogP contribution is -2.31. The van der Waals surface area contributed by atoms with E-state index in [9.17, 15) is 4.79 Å². The molecule has 0 spiro atoms. The average molecular weight is 506 g/mol. The van der Waals surface area contributed by atoms with Crippen LogP contribution in [0.5, 0.6) is 17.2 Å². The molecule has 4 aromatic rings. The van der Waals surface area contributed by atoms with E-state index in [0.29, 0.717) is 42.1 Å². The number of benzene rings is 3. The molecule has 0 N–H and O–H groups in total. The van der Waals surface area contributed by atoms with E-state index in [-0.39, 0.29) is 12.2 Å². The lowest BCUT2D eigenvalue weighted by atomic mass is 10.0. The maximum atomic E-state index is 13.4. The van der Waals surface area contributed by atoms with Gasteiger partial charge in [0.1, 0.15) is 23.8 Å². The Kier molecular flexibility index (Phi) is 4.89. The minimum atomic E-state index is -0.0354. The summed E-state index contributed by atoms with van der Waals surface area (Å²) >= 11 is 3.45. The molecule has 6 rings (SSSR count). The Hall–Kier alpha value is -3.29. The highest BCUT2D eigenvalue weighted by molar-refractivity contribution is 9.10. The molecular weight excluding hydrogens is 486 g/mol. The Morgan fingerprint density at radius 3 is 2.58 bits per heavy atom. The summed E-state index contributed by atoms with van der Waals surface area (Å²) in [6.45, 7) is 3.83. The van der Waals surface area contributed by atoms with E-state index < -0.39 is 0 Å². The molecule has 2 aliphatic heterocycles. The van der Waals surface area contributed by atoms with Crippen LogP contribution in [0.15, 0.2) is 68.3 Å². The fraction of sp³-hybridized carbons (Fsp3) is 0.192. The van der Waals surface area contributed by atoms with E-state index in [4.69, 9.17) is 18.6 Å². The van der Waals surface area contributed by atoms with E-state index >= 15 is 0 Å². The van der Waals surface area contributed by atoms with Crippen LogP contribution in [-0.2, 0) is 13.1 Å². The summed E-state index contributed by atoms with van der Waals surface area (Å²) in [6.07, 6.45) is 0. The molecule has 0 fully saturated rings. The maximum Gasteiger partial charge on any atom is 0.231 e. The van der Waals surface area contributed by atoms with Gasteiger partial charge in [0, 0.05) is 17.6 Å². The molecule has 3 heterocycles. The van der Waals surface area contributed by atoms with E-state index in [1.807, 2.05) is 55.5 Å². The molecule has 0 saturated heterocycles. The highest BCUT2D eigenvalue weighted by atomic mass is 79.9. The molecule has 0 bridgehead atoms. The second-order valence-electron chi connectivity index (χ2n) is 8.24. The number of rotatable bonds is 3. The molecule has 6 nitrogen and oxygen atoms in total. The quantitative estimate of drug-likeness (QED) is 0.360. The van der Waals surface area contributed by atoms with Gasteiger partial charge in [-0.3, -0.25) is 9.69 Å². The molecule has 0 aliphatic carbocycles. The number of halogens is 1. The molecule has 2 aliphatic rings. The second kappa shape index (κ2) is 7.93. The maximum absolute atomic E-state index is 13.4. The lowest BCUT2D eigenvalue weighted by Gasteiger charge is -2.29. The number of hydrogen-bond acceptors (Lipinski definition) is 6. The topological polar surface area (TPSA) is 61.1 Å². The van der Waals surface area contributed by atoms with Crippen molar-refractivity contribution in [3.8, 4) is 28.4 Å². The number of hydrogen-bond donors (Lipinski definition) is 0. The molecular formula is C26H20BrNO5. The summed E-state index contributed by atoms with van der Waals surface area (Å²) in [6, 6.07) is 17.3. The van der Waals surface area contributed by atoms with Crippen LogP contribution in [0.25, 0.3) is 22.1 Å². The van der Waals surface area contributed by atoms with Gasteiger partial charge >= 0.3 is 0 Å². The van der Waals surface area contributed by atoms with Gasteiger partial charge in [0.05, 0.1) is 16.5 Å². The monoisotopic (exact) mass is 505 g/mol. The van der Waals surface area contributed by atoms with Crippen molar-refractivity contribution in [2.45, 2.75) is 20.0 Å². The molecule has 33 heavy (non-hydrogen) atoms. The molecule has 0 unspecified atom stereocenters. The Bertz CT molecular complexity index is 1440. The third-order valence-electron chi connectivity index (χ3n) is 6.06. The van der Waals surface area contributed by atoms with E-state index in [1.165, 1.54) is 0 Å².